The van der Waals surface area contributed by atoms with Crippen LogP contribution in [0.3, 0.4) is 0 Å². The highest BCUT2D eigenvalue weighted by Gasteiger charge is 2.45. The van der Waals surface area contributed by atoms with Crippen LogP contribution in [0.4, 0.5) is 0 Å². The second-order valence-electron chi connectivity index (χ2n) is 6.84. The molecule has 1 aliphatic heterocycles. The Morgan fingerprint density at radius 2 is 1.37 bits per heavy atom. The minimum Gasteiger partial charge on any atom is -0.394 e. The molecule has 0 amide bonds. The van der Waals surface area contributed by atoms with Crippen molar-refractivity contribution in [1.29, 1.82) is 0 Å². The molecule has 1 aliphatic rings. The van der Waals surface area contributed by atoms with E-state index in [-0.39, 0.29) is 24.7 Å². The number of rotatable bonds is 8. The van der Waals surface area contributed by atoms with Gasteiger partial charge in [0.1, 0.15) is 12.2 Å². The smallest absolute Gasteiger partial charge is 0.162 e. The number of hydrogen-bond donors (Lipinski definition) is 1. The van der Waals surface area contributed by atoms with Crippen LogP contribution in [-0.2, 0) is 32.2 Å². The lowest BCUT2D eigenvalue weighted by atomic mass is 9.92. The first-order chi connectivity index (χ1) is 13.2. The van der Waals surface area contributed by atoms with E-state index in [0.29, 0.717) is 13.2 Å². The van der Waals surface area contributed by atoms with Crippen molar-refractivity contribution in [2.45, 2.75) is 44.7 Å². The van der Waals surface area contributed by atoms with Crippen molar-refractivity contribution in [2.24, 2.45) is 5.92 Å². The Hall–Kier alpha value is -1.76. The van der Waals surface area contributed by atoms with Crippen molar-refractivity contribution in [1.82, 2.24) is 0 Å². The molecule has 0 radical (unpaired) electrons. The highest BCUT2D eigenvalue weighted by atomic mass is 16.7. The molecule has 0 saturated carbocycles. The van der Waals surface area contributed by atoms with Crippen LogP contribution in [-0.4, -0.2) is 43.4 Å². The van der Waals surface area contributed by atoms with Crippen molar-refractivity contribution >= 4 is 0 Å². The van der Waals surface area contributed by atoms with Crippen LogP contribution in [0, 0.1) is 5.92 Å². The molecule has 2 unspecified atom stereocenters. The summed E-state index contributed by atoms with van der Waals surface area (Å²) in [5.41, 5.74) is 2.16. The maximum atomic E-state index is 9.85. The van der Waals surface area contributed by atoms with Crippen LogP contribution in [0.1, 0.15) is 18.1 Å². The van der Waals surface area contributed by atoms with Gasteiger partial charge >= 0.3 is 0 Å². The highest BCUT2D eigenvalue weighted by Crippen LogP contribution is 2.31. The molecule has 0 aromatic heterocycles. The molecule has 0 aliphatic carbocycles. The molecule has 3 rings (SSSR count). The van der Waals surface area contributed by atoms with Crippen LogP contribution in [0.25, 0.3) is 0 Å². The summed E-state index contributed by atoms with van der Waals surface area (Å²) < 4.78 is 23.8. The van der Waals surface area contributed by atoms with Crippen molar-refractivity contribution in [3.63, 3.8) is 0 Å². The lowest BCUT2D eigenvalue weighted by molar-refractivity contribution is -0.293. The van der Waals surface area contributed by atoms with Gasteiger partial charge in [-0.15, -0.1) is 0 Å². The number of aliphatic hydroxyl groups is 1. The van der Waals surface area contributed by atoms with Crippen molar-refractivity contribution in [2.75, 3.05) is 13.7 Å². The van der Waals surface area contributed by atoms with Gasteiger partial charge in [-0.05, 0) is 11.1 Å². The Bertz CT molecular complexity index is 663. The zero-order valence-electron chi connectivity index (χ0n) is 15.9. The van der Waals surface area contributed by atoms with E-state index in [9.17, 15) is 5.11 Å². The summed E-state index contributed by atoms with van der Waals surface area (Å²) in [5, 5.41) is 9.85. The van der Waals surface area contributed by atoms with Gasteiger partial charge in [-0.2, -0.15) is 0 Å². The van der Waals surface area contributed by atoms with Crippen LogP contribution in [0.5, 0.6) is 0 Å². The molecule has 2 aromatic rings. The molecule has 0 bridgehead atoms. The largest absolute Gasteiger partial charge is 0.394 e. The predicted octanol–water partition coefficient (Wildman–Crippen LogP) is 3.16. The quantitative estimate of drug-likeness (QED) is 0.771. The second-order valence-corrected chi connectivity index (χ2v) is 6.84. The molecule has 5 heteroatoms. The average molecular weight is 372 g/mol. The average Bonchev–Trinajstić information content (AvgIpc) is 2.73. The molecule has 27 heavy (non-hydrogen) atoms. The van der Waals surface area contributed by atoms with E-state index in [4.69, 9.17) is 18.9 Å². The van der Waals surface area contributed by atoms with Gasteiger partial charge in [0.2, 0.25) is 0 Å². The summed E-state index contributed by atoms with van der Waals surface area (Å²) in [5.74, 6) is -0.0396. The Balaban J connectivity index is 1.73. The summed E-state index contributed by atoms with van der Waals surface area (Å²) in [4.78, 5) is 0. The molecule has 5 nitrogen and oxygen atoms in total. The number of hydrogen-bond acceptors (Lipinski definition) is 5. The fourth-order valence-electron chi connectivity index (χ4n) is 3.44. The number of methoxy groups -OCH3 is 1. The molecular formula is C22H28O5. The Morgan fingerprint density at radius 1 is 0.852 bits per heavy atom. The van der Waals surface area contributed by atoms with Gasteiger partial charge in [0.05, 0.1) is 25.9 Å². The molecule has 1 heterocycles. The van der Waals surface area contributed by atoms with Gasteiger partial charge in [0.15, 0.2) is 6.29 Å². The predicted molar refractivity (Wildman–Crippen MR) is 102 cm³/mol. The third-order valence-electron chi connectivity index (χ3n) is 4.93. The highest BCUT2D eigenvalue weighted by molar-refractivity contribution is 5.14. The van der Waals surface area contributed by atoms with Gasteiger partial charge in [0.25, 0.3) is 0 Å². The topological polar surface area (TPSA) is 57.2 Å². The summed E-state index contributed by atoms with van der Waals surface area (Å²) >= 11 is 0. The van der Waals surface area contributed by atoms with E-state index in [1.807, 2.05) is 67.6 Å². The second kappa shape index (κ2) is 9.97. The molecule has 146 valence electrons. The minimum atomic E-state index is -0.504. The number of aliphatic hydroxyl groups excluding tert-OH is 1. The van der Waals surface area contributed by atoms with Crippen LogP contribution < -0.4 is 0 Å². The summed E-state index contributed by atoms with van der Waals surface area (Å²) in [6.07, 6.45) is -1.60. The van der Waals surface area contributed by atoms with Gasteiger partial charge in [-0.3, -0.25) is 0 Å². The Morgan fingerprint density at radius 3 is 1.85 bits per heavy atom. The monoisotopic (exact) mass is 372 g/mol. The molecule has 1 fully saturated rings. The van der Waals surface area contributed by atoms with Crippen LogP contribution >= 0.6 is 0 Å². The lowest BCUT2D eigenvalue weighted by Crippen LogP contribution is -2.57. The number of benzene rings is 2. The molecule has 0 spiro atoms. The van der Waals surface area contributed by atoms with Gasteiger partial charge in [-0.25, -0.2) is 0 Å². The first-order valence-electron chi connectivity index (χ1n) is 9.33. The van der Waals surface area contributed by atoms with Gasteiger partial charge < -0.3 is 24.1 Å². The fraction of sp³-hybridized carbons (Fsp3) is 0.455. The molecular weight excluding hydrogens is 344 g/mol. The zero-order chi connectivity index (χ0) is 19.1. The summed E-state index contributed by atoms with van der Waals surface area (Å²) in [6.45, 7) is 2.77. The third kappa shape index (κ3) is 5.15. The van der Waals surface area contributed by atoms with E-state index in [1.165, 1.54) is 0 Å². The lowest BCUT2D eigenvalue weighted by Gasteiger charge is -2.44. The summed E-state index contributed by atoms with van der Waals surface area (Å²) in [6, 6.07) is 20.0. The van der Waals surface area contributed by atoms with Gasteiger partial charge in [-0.1, -0.05) is 67.6 Å². The van der Waals surface area contributed by atoms with E-state index in [1.54, 1.807) is 7.11 Å². The van der Waals surface area contributed by atoms with Crippen LogP contribution in [0.15, 0.2) is 60.7 Å². The first kappa shape index (κ1) is 20.0. The maximum Gasteiger partial charge on any atom is 0.162 e. The van der Waals surface area contributed by atoms with E-state index in [2.05, 4.69) is 0 Å². The molecule has 5 atom stereocenters. The fourth-order valence-corrected chi connectivity index (χ4v) is 3.44. The maximum absolute atomic E-state index is 9.85. The standard InChI is InChI=1S/C22H28O5/c1-16-20(25-14-17-9-5-3-6-10-17)21(19(13-23)27-22(16)24-2)26-15-18-11-7-4-8-12-18/h3-12,16,19-23H,13-15H2,1-2H3/t16?,19?,20-,21-,22+/m0/s1. The van der Waals surface area contributed by atoms with Gasteiger partial charge in [0, 0.05) is 13.0 Å². The zero-order valence-corrected chi connectivity index (χ0v) is 15.9. The summed E-state index contributed by atoms with van der Waals surface area (Å²) in [7, 11) is 1.61. The SMILES string of the molecule is CO[C@@H]1OC(CO)[C@H](OCc2ccccc2)[C@@H](OCc2ccccc2)C1C. The molecule has 2 aromatic carbocycles. The first-order valence-corrected chi connectivity index (χ1v) is 9.33. The van der Waals surface area contributed by atoms with Crippen molar-refractivity contribution in [3.8, 4) is 0 Å². The van der Waals surface area contributed by atoms with Crippen molar-refractivity contribution < 1.29 is 24.1 Å². The molecule has 1 saturated heterocycles. The minimum absolute atomic E-state index is 0.0396. The number of ether oxygens (including phenoxy) is 4. The van der Waals surface area contributed by atoms with Crippen LogP contribution in [0.2, 0.25) is 0 Å². The van der Waals surface area contributed by atoms with E-state index in [0.717, 1.165) is 11.1 Å². The normalized spacial score (nSPS) is 28.2. The van der Waals surface area contributed by atoms with E-state index < -0.39 is 12.4 Å². The Labute approximate surface area is 160 Å². The third-order valence-corrected chi connectivity index (χ3v) is 4.93. The van der Waals surface area contributed by atoms with Crippen molar-refractivity contribution in [3.05, 3.63) is 71.8 Å². The van der Waals surface area contributed by atoms with E-state index >= 15 is 0 Å². The molecule has 1 N–H and O–H groups in total. The Kier molecular flexibility index (Phi) is 7.38.